The molecule has 3 heteroatoms. The molecule has 2 saturated carbocycles. The number of hydrogen-bond donors (Lipinski definition) is 2. The maximum atomic E-state index is 11.4. The normalized spacial score (nSPS) is 35.0. The van der Waals surface area contributed by atoms with Crippen LogP contribution in [0.2, 0.25) is 0 Å². The third-order valence-corrected chi connectivity index (χ3v) is 5.94. The quantitative estimate of drug-likeness (QED) is 0.888. The number of ether oxygens (including phenoxy) is 1. The minimum Gasteiger partial charge on any atom is -0.496 e. The van der Waals surface area contributed by atoms with Crippen LogP contribution in [0.3, 0.4) is 0 Å². The molecule has 0 amide bonds. The summed E-state index contributed by atoms with van der Waals surface area (Å²) in [5, 5.41) is 11.4. The van der Waals surface area contributed by atoms with E-state index in [0.29, 0.717) is 12.5 Å². The van der Waals surface area contributed by atoms with Crippen LogP contribution in [0, 0.1) is 17.3 Å². The summed E-state index contributed by atoms with van der Waals surface area (Å²) in [7, 11) is 1.66. The highest BCUT2D eigenvalue weighted by Gasteiger charge is 2.59. The second-order valence-electron chi connectivity index (χ2n) is 6.71. The molecular weight excluding hydrogens is 250 g/mol. The minimum atomic E-state index is -0.936. The lowest BCUT2D eigenvalue weighted by molar-refractivity contribution is -0.104. The topological polar surface area (TPSA) is 55.5 Å². The van der Waals surface area contributed by atoms with E-state index in [9.17, 15) is 5.11 Å². The van der Waals surface area contributed by atoms with Gasteiger partial charge in [0.15, 0.2) is 0 Å². The Balaban J connectivity index is 2.06. The fourth-order valence-electron chi connectivity index (χ4n) is 4.80. The Hall–Kier alpha value is -1.06. The molecule has 2 bridgehead atoms. The number of hydrogen-bond acceptors (Lipinski definition) is 3. The van der Waals surface area contributed by atoms with Gasteiger partial charge in [0, 0.05) is 17.5 Å². The average Bonchev–Trinajstić information content (AvgIpc) is 3.08. The van der Waals surface area contributed by atoms with Crippen molar-refractivity contribution in [1.82, 2.24) is 0 Å². The van der Waals surface area contributed by atoms with E-state index in [1.54, 1.807) is 7.11 Å². The number of fused-ring (bicyclic) bond motifs is 2. The van der Waals surface area contributed by atoms with Gasteiger partial charge in [0.05, 0.1) is 12.7 Å². The first-order valence-electron chi connectivity index (χ1n) is 7.61. The molecule has 3 rings (SSSR count). The van der Waals surface area contributed by atoms with Crippen molar-refractivity contribution < 1.29 is 9.84 Å². The molecule has 0 spiro atoms. The van der Waals surface area contributed by atoms with E-state index in [-0.39, 0.29) is 5.41 Å². The number of para-hydroxylation sites is 1. The summed E-state index contributed by atoms with van der Waals surface area (Å²) in [6, 6.07) is 7.79. The summed E-state index contributed by atoms with van der Waals surface area (Å²) >= 11 is 0. The Morgan fingerprint density at radius 2 is 2.15 bits per heavy atom. The zero-order valence-corrected chi connectivity index (χ0v) is 12.4. The summed E-state index contributed by atoms with van der Waals surface area (Å²) in [5.74, 6) is 2.04. The molecule has 3 N–H and O–H groups in total. The first-order chi connectivity index (χ1) is 9.55. The van der Waals surface area contributed by atoms with Crippen molar-refractivity contribution in [2.75, 3.05) is 13.7 Å². The predicted molar refractivity (Wildman–Crippen MR) is 79.5 cm³/mol. The molecule has 2 aliphatic carbocycles. The lowest BCUT2D eigenvalue weighted by Gasteiger charge is -2.48. The van der Waals surface area contributed by atoms with Crippen molar-refractivity contribution in [2.24, 2.45) is 23.0 Å². The number of aliphatic hydroxyl groups is 1. The highest BCUT2D eigenvalue weighted by atomic mass is 16.5. The molecule has 0 aromatic heterocycles. The summed E-state index contributed by atoms with van der Waals surface area (Å²) in [4.78, 5) is 0. The van der Waals surface area contributed by atoms with Crippen LogP contribution in [0.15, 0.2) is 24.3 Å². The van der Waals surface area contributed by atoms with Crippen LogP contribution in [0.1, 0.15) is 38.2 Å². The molecule has 0 radical (unpaired) electrons. The molecule has 2 aliphatic rings. The number of nitrogens with two attached hydrogens (primary N) is 1. The third kappa shape index (κ3) is 1.73. The number of rotatable bonds is 4. The molecule has 0 heterocycles. The minimum absolute atomic E-state index is 0.204. The van der Waals surface area contributed by atoms with Crippen molar-refractivity contribution in [1.29, 1.82) is 0 Å². The Labute approximate surface area is 121 Å². The number of methoxy groups -OCH3 is 1. The van der Waals surface area contributed by atoms with Crippen LogP contribution in [0.25, 0.3) is 0 Å². The van der Waals surface area contributed by atoms with E-state index >= 15 is 0 Å². The largest absolute Gasteiger partial charge is 0.496 e. The van der Waals surface area contributed by atoms with Gasteiger partial charge in [-0.05, 0) is 44.1 Å². The lowest BCUT2D eigenvalue weighted by Crippen LogP contribution is -2.52. The summed E-state index contributed by atoms with van der Waals surface area (Å²) in [5.41, 5.74) is 5.90. The Bertz CT molecular complexity index is 500. The van der Waals surface area contributed by atoms with Crippen molar-refractivity contribution >= 4 is 0 Å². The van der Waals surface area contributed by atoms with Gasteiger partial charge in [0.2, 0.25) is 0 Å². The molecule has 1 aromatic rings. The van der Waals surface area contributed by atoms with E-state index in [2.05, 4.69) is 0 Å². The SMILES string of the molecule is COc1ccccc1C(C)(O)C1(CN)CC2CCC1C2. The second kappa shape index (κ2) is 4.74. The summed E-state index contributed by atoms with van der Waals surface area (Å²) in [6.07, 6.45) is 4.77. The molecule has 4 atom stereocenters. The summed E-state index contributed by atoms with van der Waals surface area (Å²) < 4.78 is 5.46. The molecule has 1 aromatic carbocycles. The zero-order chi connectivity index (χ0) is 14.4. The first kappa shape index (κ1) is 13.9. The van der Waals surface area contributed by atoms with Crippen LogP contribution in [-0.4, -0.2) is 18.8 Å². The lowest BCUT2D eigenvalue weighted by atomic mass is 9.60. The number of benzene rings is 1. The summed E-state index contributed by atoms with van der Waals surface area (Å²) in [6.45, 7) is 2.47. The van der Waals surface area contributed by atoms with Crippen LogP contribution >= 0.6 is 0 Å². The maximum Gasteiger partial charge on any atom is 0.124 e. The van der Waals surface area contributed by atoms with Gasteiger partial charge in [0.25, 0.3) is 0 Å². The Morgan fingerprint density at radius 1 is 1.40 bits per heavy atom. The second-order valence-corrected chi connectivity index (χ2v) is 6.71. The highest BCUT2D eigenvalue weighted by molar-refractivity contribution is 5.40. The van der Waals surface area contributed by atoms with Gasteiger partial charge in [-0.1, -0.05) is 24.6 Å². The molecular formula is C17H25NO2. The fraction of sp³-hybridized carbons (Fsp3) is 0.647. The van der Waals surface area contributed by atoms with Crippen LogP contribution in [-0.2, 0) is 5.60 Å². The monoisotopic (exact) mass is 275 g/mol. The van der Waals surface area contributed by atoms with E-state index in [4.69, 9.17) is 10.5 Å². The van der Waals surface area contributed by atoms with Crippen LogP contribution in [0.4, 0.5) is 0 Å². The highest BCUT2D eigenvalue weighted by Crippen LogP contribution is 2.63. The Kier molecular flexibility index (Phi) is 3.30. The molecule has 3 nitrogen and oxygen atoms in total. The van der Waals surface area contributed by atoms with E-state index in [1.807, 2.05) is 31.2 Å². The first-order valence-corrected chi connectivity index (χ1v) is 7.61. The van der Waals surface area contributed by atoms with Gasteiger partial charge in [-0.2, -0.15) is 0 Å². The van der Waals surface area contributed by atoms with Gasteiger partial charge in [-0.3, -0.25) is 0 Å². The van der Waals surface area contributed by atoms with Gasteiger partial charge in [-0.25, -0.2) is 0 Å². The zero-order valence-electron chi connectivity index (χ0n) is 12.4. The van der Waals surface area contributed by atoms with Crippen LogP contribution in [0.5, 0.6) is 5.75 Å². The van der Waals surface area contributed by atoms with Crippen molar-refractivity contribution in [3.63, 3.8) is 0 Å². The van der Waals surface area contributed by atoms with Crippen molar-refractivity contribution in [3.8, 4) is 5.75 Å². The van der Waals surface area contributed by atoms with Gasteiger partial charge < -0.3 is 15.6 Å². The van der Waals surface area contributed by atoms with Gasteiger partial charge in [-0.15, -0.1) is 0 Å². The van der Waals surface area contributed by atoms with Gasteiger partial charge >= 0.3 is 0 Å². The Morgan fingerprint density at radius 3 is 2.70 bits per heavy atom. The third-order valence-electron chi connectivity index (χ3n) is 5.94. The maximum absolute atomic E-state index is 11.4. The smallest absolute Gasteiger partial charge is 0.124 e. The predicted octanol–water partition coefficient (Wildman–Crippen LogP) is 2.67. The molecule has 20 heavy (non-hydrogen) atoms. The molecule has 110 valence electrons. The molecule has 0 saturated heterocycles. The fourth-order valence-corrected chi connectivity index (χ4v) is 4.80. The van der Waals surface area contributed by atoms with Gasteiger partial charge in [0.1, 0.15) is 5.75 Å². The average molecular weight is 275 g/mol. The molecule has 2 fully saturated rings. The van der Waals surface area contributed by atoms with E-state index in [1.165, 1.54) is 19.3 Å². The van der Waals surface area contributed by atoms with E-state index < -0.39 is 5.60 Å². The standard InChI is InChI=1S/C17H25NO2/c1-16(19,14-5-3-4-6-15(14)20-2)17(11-18)10-12-7-8-13(17)9-12/h3-6,12-13,19H,7-11,18H2,1-2H3. The van der Waals surface area contributed by atoms with Crippen molar-refractivity contribution in [3.05, 3.63) is 29.8 Å². The van der Waals surface area contributed by atoms with Crippen molar-refractivity contribution in [2.45, 2.75) is 38.2 Å². The molecule has 0 aliphatic heterocycles. The molecule has 4 unspecified atom stereocenters. The van der Waals surface area contributed by atoms with Crippen LogP contribution < -0.4 is 10.5 Å². The van der Waals surface area contributed by atoms with E-state index in [0.717, 1.165) is 23.7 Å².